The molecule has 0 N–H and O–H groups in total. The van der Waals surface area contributed by atoms with Gasteiger partial charge in [0.1, 0.15) is 0 Å². The van der Waals surface area contributed by atoms with Gasteiger partial charge in [-0.25, -0.2) is 8.78 Å². The van der Waals surface area contributed by atoms with Gasteiger partial charge in [-0.05, 0) is 63.1 Å². The lowest BCUT2D eigenvalue weighted by molar-refractivity contribution is -0.144. The van der Waals surface area contributed by atoms with Crippen LogP contribution in [0.25, 0.3) is 0 Å². The van der Waals surface area contributed by atoms with Crippen LogP contribution in [0.3, 0.4) is 0 Å². The quantitative estimate of drug-likeness (QED) is 0.696. The zero-order valence-electron chi connectivity index (χ0n) is 19.3. The number of amides is 1. The standard InChI is InChI=1S/C25H35F2N3O2/c1-24(26,27)19-12-17-16-30(9-5-22(17)28-15-19)23(31)25-8-3-4-18(25)13-21(14-25)29(2)20-6-10-32-11-7-20/h12,15,18,20-21H,3-11,13-14,16H2,1-2H3. The summed E-state index contributed by atoms with van der Waals surface area (Å²) in [4.78, 5) is 22.7. The van der Waals surface area contributed by atoms with Gasteiger partial charge < -0.3 is 14.5 Å². The molecule has 3 fully saturated rings. The van der Waals surface area contributed by atoms with Crippen molar-refractivity contribution in [3.8, 4) is 0 Å². The maximum Gasteiger partial charge on any atom is 0.272 e. The first kappa shape index (κ1) is 22.2. The van der Waals surface area contributed by atoms with Crippen molar-refractivity contribution < 1.29 is 18.3 Å². The van der Waals surface area contributed by atoms with Crippen LogP contribution < -0.4 is 0 Å². The lowest BCUT2D eigenvalue weighted by Crippen LogP contribution is -2.47. The van der Waals surface area contributed by atoms with Gasteiger partial charge in [0, 0.05) is 69.2 Å². The Labute approximate surface area is 189 Å². The summed E-state index contributed by atoms with van der Waals surface area (Å²) in [5.41, 5.74) is 1.29. The fourth-order valence-electron chi connectivity index (χ4n) is 6.81. The SMILES string of the molecule is CN(C1CCOCC1)C1CC2CCCC2(C(=O)N2CCc3ncc(C(C)(F)F)cc3C2)C1. The van der Waals surface area contributed by atoms with Crippen LogP contribution in [0.5, 0.6) is 0 Å². The van der Waals surface area contributed by atoms with E-state index in [0.717, 1.165) is 76.3 Å². The summed E-state index contributed by atoms with van der Waals surface area (Å²) < 4.78 is 33.2. The van der Waals surface area contributed by atoms with E-state index >= 15 is 0 Å². The molecule has 7 heteroatoms. The molecule has 3 heterocycles. The second kappa shape index (κ2) is 8.32. The van der Waals surface area contributed by atoms with Crippen LogP contribution in [-0.4, -0.2) is 59.6 Å². The maximum absolute atomic E-state index is 14.0. The Bertz CT molecular complexity index is 867. The Morgan fingerprint density at radius 2 is 2.06 bits per heavy atom. The Kier molecular flexibility index (Phi) is 5.77. The molecule has 0 spiro atoms. The molecule has 5 nitrogen and oxygen atoms in total. The van der Waals surface area contributed by atoms with Crippen LogP contribution in [0, 0.1) is 11.3 Å². The predicted molar refractivity (Wildman–Crippen MR) is 117 cm³/mol. The molecule has 32 heavy (non-hydrogen) atoms. The van der Waals surface area contributed by atoms with E-state index in [2.05, 4.69) is 16.9 Å². The van der Waals surface area contributed by atoms with E-state index in [-0.39, 0.29) is 16.9 Å². The lowest BCUT2D eigenvalue weighted by atomic mass is 9.78. The fraction of sp³-hybridized carbons (Fsp3) is 0.760. The molecular weight excluding hydrogens is 412 g/mol. The molecule has 0 radical (unpaired) electrons. The molecular formula is C25H35F2N3O2. The number of nitrogens with zero attached hydrogens (tertiary/aromatic N) is 3. The van der Waals surface area contributed by atoms with Gasteiger partial charge in [0.15, 0.2) is 0 Å². The van der Waals surface area contributed by atoms with E-state index < -0.39 is 5.92 Å². The van der Waals surface area contributed by atoms with Gasteiger partial charge in [-0.15, -0.1) is 0 Å². The molecule has 2 aliphatic heterocycles. The number of hydrogen-bond donors (Lipinski definition) is 0. The first-order chi connectivity index (χ1) is 15.3. The van der Waals surface area contributed by atoms with Gasteiger partial charge in [-0.1, -0.05) is 6.42 Å². The highest BCUT2D eigenvalue weighted by molar-refractivity contribution is 5.84. The molecule has 4 aliphatic rings. The molecule has 3 atom stereocenters. The number of fused-ring (bicyclic) bond motifs is 2. The van der Waals surface area contributed by atoms with E-state index in [4.69, 9.17) is 4.74 Å². The minimum absolute atomic E-state index is 0.0681. The number of ether oxygens (including phenoxy) is 1. The van der Waals surface area contributed by atoms with Crippen LogP contribution in [-0.2, 0) is 28.4 Å². The lowest BCUT2D eigenvalue weighted by Gasteiger charge is -2.39. The largest absolute Gasteiger partial charge is 0.381 e. The molecule has 0 bridgehead atoms. The number of hydrogen-bond acceptors (Lipinski definition) is 4. The third-order valence-electron chi connectivity index (χ3n) is 8.72. The minimum atomic E-state index is -2.92. The number of carbonyl (C=O) groups is 1. The van der Waals surface area contributed by atoms with Crippen molar-refractivity contribution in [1.82, 2.24) is 14.8 Å². The van der Waals surface area contributed by atoms with E-state index in [1.807, 2.05) is 4.90 Å². The van der Waals surface area contributed by atoms with E-state index in [9.17, 15) is 13.6 Å². The molecule has 5 rings (SSSR count). The third kappa shape index (κ3) is 3.85. The van der Waals surface area contributed by atoms with Gasteiger partial charge in [-0.2, -0.15) is 0 Å². The zero-order valence-corrected chi connectivity index (χ0v) is 19.3. The number of aromatic nitrogens is 1. The van der Waals surface area contributed by atoms with Gasteiger partial charge >= 0.3 is 0 Å². The van der Waals surface area contributed by atoms with Crippen LogP contribution in [0.4, 0.5) is 8.78 Å². The average molecular weight is 448 g/mol. The van der Waals surface area contributed by atoms with Crippen LogP contribution in [0.2, 0.25) is 0 Å². The molecule has 1 aromatic rings. The third-order valence-corrected chi connectivity index (χ3v) is 8.72. The Morgan fingerprint density at radius 1 is 1.28 bits per heavy atom. The summed E-state index contributed by atoms with van der Waals surface area (Å²) in [7, 11) is 2.23. The molecule has 176 valence electrons. The van der Waals surface area contributed by atoms with Crippen molar-refractivity contribution >= 4 is 5.91 Å². The summed E-state index contributed by atoms with van der Waals surface area (Å²) in [6.07, 6.45) is 9.29. The fourth-order valence-corrected chi connectivity index (χ4v) is 6.81. The Hall–Kier alpha value is -1.60. The minimum Gasteiger partial charge on any atom is -0.381 e. The number of pyridine rings is 1. The zero-order chi connectivity index (χ0) is 22.5. The number of halogens is 2. The van der Waals surface area contributed by atoms with Gasteiger partial charge in [0.2, 0.25) is 5.91 Å². The Balaban J connectivity index is 1.33. The van der Waals surface area contributed by atoms with Crippen LogP contribution >= 0.6 is 0 Å². The first-order valence-corrected chi connectivity index (χ1v) is 12.2. The molecule has 1 aromatic heterocycles. The van der Waals surface area contributed by atoms with E-state index in [1.54, 1.807) is 6.07 Å². The van der Waals surface area contributed by atoms with Gasteiger partial charge in [-0.3, -0.25) is 9.78 Å². The summed E-state index contributed by atoms with van der Waals surface area (Å²) >= 11 is 0. The topological polar surface area (TPSA) is 45.7 Å². The smallest absolute Gasteiger partial charge is 0.272 e. The van der Waals surface area contributed by atoms with E-state index in [1.165, 1.54) is 6.20 Å². The summed E-state index contributed by atoms with van der Waals surface area (Å²) in [6, 6.07) is 2.54. The highest BCUT2D eigenvalue weighted by Gasteiger charge is 2.57. The van der Waals surface area contributed by atoms with Crippen molar-refractivity contribution in [2.24, 2.45) is 11.3 Å². The normalized spacial score (nSPS) is 31.1. The highest BCUT2D eigenvalue weighted by Crippen LogP contribution is 2.56. The summed E-state index contributed by atoms with van der Waals surface area (Å²) in [5.74, 6) is -2.23. The molecule has 0 aromatic carbocycles. The molecule has 1 amide bonds. The van der Waals surface area contributed by atoms with Crippen molar-refractivity contribution in [3.05, 3.63) is 29.1 Å². The second-order valence-corrected chi connectivity index (χ2v) is 10.5. The monoisotopic (exact) mass is 447 g/mol. The predicted octanol–water partition coefficient (Wildman–Crippen LogP) is 4.14. The molecule has 3 unspecified atom stereocenters. The molecule has 2 aliphatic carbocycles. The number of carbonyl (C=O) groups excluding carboxylic acids is 1. The van der Waals surface area contributed by atoms with Crippen molar-refractivity contribution in [1.29, 1.82) is 0 Å². The van der Waals surface area contributed by atoms with Gasteiger partial charge in [0.25, 0.3) is 5.92 Å². The average Bonchev–Trinajstić information content (AvgIpc) is 3.36. The van der Waals surface area contributed by atoms with Crippen molar-refractivity contribution in [2.75, 3.05) is 26.8 Å². The van der Waals surface area contributed by atoms with Crippen LogP contribution in [0.1, 0.15) is 68.7 Å². The van der Waals surface area contributed by atoms with Crippen LogP contribution in [0.15, 0.2) is 12.3 Å². The second-order valence-electron chi connectivity index (χ2n) is 10.5. The van der Waals surface area contributed by atoms with Crippen molar-refractivity contribution in [3.63, 3.8) is 0 Å². The summed E-state index contributed by atoms with van der Waals surface area (Å²) in [6.45, 7) is 3.60. The maximum atomic E-state index is 14.0. The van der Waals surface area contributed by atoms with Crippen molar-refractivity contribution in [2.45, 2.75) is 82.8 Å². The summed E-state index contributed by atoms with van der Waals surface area (Å²) in [5, 5.41) is 0. The van der Waals surface area contributed by atoms with Gasteiger partial charge in [0.05, 0.1) is 5.41 Å². The molecule has 2 saturated carbocycles. The first-order valence-electron chi connectivity index (χ1n) is 12.2. The Morgan fingerprint density at radius 3 is 2.81 bits per heavy atom. The number of alkyl halides is 2. The molecule has 1 saturated heterocycles. The number of rotatable bonds is 4. The highest BCUT2D eigenvalue weighted by atomic mass is 19.3. The van der Waals surface area contributed by atoms with E-state index in [0.29, 0.717) is 37.5 Å².